The van der Waals surface area contributed by atoms with E-state index in [0.29, 0.717) is 22.9 Å². The molecule has 0 saturated carbocycles. The fraction of sp³-hybridized carbons (Fsp3) is 0.100. The van der Waals surface area contributed by atoms with E-state index in [1.165, 1.54) is 0 Å². The van der Waals surface area contributed by atoms with Crippen LogP contribution in [0.25, 0.3) is 21.9 Å². The molecule has 1 heterocycles. The highest BCUT2D eigenvalue weighted by Crippen LogP contribution is 2.42. The maximum absolute atomic E-state index is 13.3. The highest BCUT2D eigenvalue weighted by atomic mass is 19.4. The Morgan fingerprint density at radius 1 is 0.793 bits per heavy atom. The van der Waals surface area contributed by atoms with E-state index in [1.54, 1.807) is 30.3 Å². The molecule has 9 heteroatoms. The molecular formula is C20H11F6N3. The molecule has 29 heavy (non-hydrogen) atoms. The molecule has 1 aliphatic heterocycles. The summed E-state index contributed by atoms with van der Waals surface area (Å²) in [6.07, 6.45) is -9.95. The summed E-state index contributed by atoms with van der Waals surface area (Å²) < 4.78 is 80.0. The Hall–Kier alpha value is -3.36. The SMILES string of the molecule is N=C1N=C(N)c2c1cc1ccccc1c2-c1cc(C(F)(F)F)cc(C(F)(F)F)c1. The van der Waals surface area contributed by atoms with Gasteiger partial charge in [0.05, 0.1) is 11.1 Å². The number of benzene rings is 3. The van der Waals surface area contributed by atoms with Crippen molar-refractivity contribution in [2.45, 2.75) is 12.4 Å². The topological polar surface area (TPSA) is 62.2 Å². The number of nitrogens with zero attached hydrogens (tertiary/aromatic N) is 1. The van der Waals surface area contributed by atoms with Gasteiger partial charge in [-0.25, -0.2) is 4.99 Å². The number of nitrogens with one attached hydrogen (secondary N) is 1. The van der Waals surface area contributed by atoms with Crippen molar-refractivity contribution >= 4 is 22.4 Å². The average molecular weight is 407 g/mol. The lowest BCUT2D eigenvalue weighted by atomic mass is 9.88. The lowest BCUT2D eigenvalue weighted by Crippen LogP contribution is -2.14. The number of rotatable bonds is 1. The zero-order chi connectivity index (χ0) is 21.1. The van der Waals surface area contributed by atoms with Crippen LogP contribution in [-0.4, -0.2) is 11.7 Å². The molecule has 3 aromatic rings. The fourth-order valence-corrected chi connectivity index (χ4v) is 3.44. The van der Waals surface area contributed by atoms with Crippen molar-refractivity contribution in [3.05, 3.63) is 70.8 Å². The summed E-state index contributed by atoms with van der Waals surface area (Å²) in [5.74, 6) is -0.329. The number of halogens is 6. The number of alkyl halides is 6. The van der Waals surface area contributed by atoms with Gasteiger partial charge in [-0.3, -0.25) is 5.41 Å². The third kappa shape index (κ3) is 3.12. The normalized spacial score (nSPS) is 14.3. The van der Waals surface area contributed by atoms with Gasteiger partial charge in [-0.1, -0.05) is 24.3 Å². The van der Waals surface area contributed by atoms with Crippen molar-refractivity contribution in [2.24, 2.45) is 10.7 Å². The molecule has 0 aliphatic carbocycles. The molecule has 0 aromatic heterocycles. The molecule has 0 unspecified atom stereocenters. The van der Waals surface area contributed by atoms with Crippen LogP contribution in [0.1, 0.15) is 22.3 Å². The van der Waals surface area contributed by atoms with Crippen molar-refractivity contribution < 1.29 is 26.3 Å². The van der Waals surface area contributed by atoms with Crippen LogP contribution in [0, 0.1) is 5.41 Å². The second-order valence-electron chi connectivity index (χ2n) is 6.54. The van der Waals surface area contributed by atoms with Crippen LogP contribution < -0.4 is 5.73 Å². The van der Waals surface area contributed by atoms with Crippen molar-refractivity contribution in [3.63, 3.8) is 0 Å². The molecule has 3 aromatic carbocycles. The quantitative estimate of drug-likeness (QED) is 0.508. The van der Waals surface area contributed by atoms with Crippen LogP contribution in [0.15, 0.2) is 53.5 Å². The Kier molecular flexibility index (Phi) is 3.97. The van der Waals surface area contributed by atoms with E-state index in [2.05, 4.69) is 4.99 Å². The summed E-state index contributed by atoms with van der Waals surface area (Å²) in [5, 5.41) is 8.90. The number of nitrogens with two attached hydrogens (primary N) is 1. The molecule has 4 rings (SSSR count). The van der Waals surface area contributed by atoms with Gasteiger partial charge in [-0.15, -0.1) is 0 Å². The number of hydrogen-bond acceptors (Lipinski definition) is 2. The summed E-state index contributed by atoms with van der Waals surface area (Å²) in [6.45, 7) is 0. The first-order chi connectivity index (χ1) is 13.5. The summed E-state index contributed by atoms with van der Waals surface area (Å²) in [7, 11) is 0. The van der Waals surface area contributed by atoms with E-state index >= 15 is 0 Å². The van der Waals surface area contributed by atoms with E-state index in [9.17, 15) is 26.3 Å². The minimum absolute atomic E-state index is 0.0777. The largest absolute Gasteiger partial charge is 0.416 e. The molecular weight excluding hydrogens is 396 g/mol. The zero-order valence-electron chi connectivity index (χ0n) is 14.4. The fourth-order valence-electron chi connectivity index (χ4n) is 3.44. The van der Waals surface area contributed by atoms with E-state index in [4.69, 9.17) is 11.1 Å². The van der Waals surface area contributed by atoms with Crippen molar-refractivity contribution in [1.29, 1.82) is 5.41 Å². The smallest absolute Gasteiger partial charge is 0.383 e. The van der Waals surface area contributed by atoms with Gasteiger partial charge in [-0.05, 0) is 40.6 Å². The van der Waals surface area contributed by atoms with Gasteiger partial charge < -0.3 is 5.73 Å². The van der Waals surface area contributed by atoms with Gasteiger partial charge in [-0.2, -0.15) is 26.3 Å². The summed E-state index contributed by atoms with van der Waals surface area (Å²) >= 11 is 0. The van der Waals surface area contributed by atoms with E-state index in [-0.39, 0.29) is 40.0 Å². The van der Waals surface area contributed by atoms with Gasteiger partial charge >= 0.3 is 12.4 Å². The maximum Gasteiger partial charge on any atom is 0.416 e. The summed E-state index contributed by atoms with van der Waals surface area (Å²) in [5.41, 5.74) is 3.22. The molecule has 0 radical (unpaired) electrons. The van der Waals surface area contributed by atoms with Crippen LogP contribution >= 0.6 is 0 Å². The van der Waals surface area contributed by atoms with Gasteiger partial charge in [0.2, 0.25) is 0 Å². The molecule has 0 amide bonds. The van der Waals surface area contributed by atoms with Gasteiger partial charge in [0.25, 0.3) is 0 Å². The van der Waals surface area contributed by atoms with Crippen LogP contribution in [0.5, 0.6) is 0 Å². The van der Waals surface area contributed by atoms with Gasteiger partial charge in [0.15, 0.2) is 5.84 Å². The highest BCUT2D eigenvalue weighted by Gasteiger charge is 2.37. The molecule has 0 bridgehead atoms. The number of amidine groups is 2. The first kappa shape index (κ1) is 19.0. The first-order valence-electron chi connectivity index (χ1n) is 8.26. The molecule has 0 spiro atoms. The average Bonchev–Trinajstić information content (AvgIpc) is 2.91. The summed E-state index contributed by atoms with van der Waals surface area (Å²) in [6, 6.07) is 9.51. The van der Waals surface area contributed by atoms with Crippen LogP contribution in [0.3, 0.4) is 0 Å². The monoisotopic (exact) mass is 407 g/mol. The lowest BCUT2D eigenvalue weighted by Gasteiger charge is -2.18. The van der Waals surface area contributed by atoms with Gasteiger partial charge in [0.1, 0.15) is 5.84 Å². The molecule has 0 fully saturated rings. The van der Waals surface area contributed by atoms with Crippen molar-refractivity contribution in [2.75, 3.05) is 0 Å². The molecule has 1 aliphatic rings. The Morgan fingerprint density at radius 3 is 1.97 bits per heavy atom. The number of aliphatic imine (C=N–C) groups is 1. The number of hydrogen-bond donors (Lipinski definition) is 2. The van der Waals surface area contributed by atoms with E-state index in [0.717, 1.165) is 0 Å². The first-order valence-corrected chi connectivity index (χ1v) is 8.26. The van der Waals surface area contributed by atoms with Crippen LogP contribution in [0.4, 0.5) is 26.3 Å². The Bertz CT molecular complexity index is 1170. The zero-order valence-corrected chi connectivity index (χ0v) is 14.4. The Morgan fingerprint density at radius 2 is 1.38 bits per heavy atom. The predicted molar refractivity (Wildman–Crippen MR) is 96.9 cm³/mol. The second-order valence-corrected chi connectivity index (χ2v) is 6.54. The van der Waals surface area contributed by atoms with Gasteiger partial charge in [0, 0.05) is 16.7 Å². The van der Waals surface area contributed by atoms with Crippen LogP contribution in [-0.2, 0) is 12.4 Å². The molecule has 148 valence electrons. The number of fused-ring (bicyclic) bond motifs is 2. The van der Waals surface area contributed by atoms with E-state index < -0.39 is 23.5 Å². The Labute approximate surface area is 160 Å². The van der Waals surface area contributed by atoms with E-state index in [1.807, 2.05) is 0 Å². The predicted octanol–water partition coefficient (Wildman–Crippen LogP) is 5.59. The molecule has 3 nitrogen and oxygen atoms in total. The van der Waals surface area contributed by atoms with Crippen LogP contribution in [0.2, 0.25) is 0 Å². The third-order valence-electron chi connectivity index (χ3n) is 4.67. The Balaban J connectivity index is 2.15. The maximum atomic E-state index is 13.3. The molecule has 0 atom stereocenters. The third-order valence-corrected chi connectivity index (χ3v) is 4.67. The minimum atomic E-state index is -4.98. The van der Waals surface area contributed by atoms with Crippen molar-refractivity contribution in [1.82, 2.24) is 0 Å². The molecule has 0 saturated heterocycles. The minimum Gasteiger partial charge on any atom is -0.383 e. The molecule has 3 N–H and O–H groups in total. The van der Waals surface area contributed by atoms with Crippen molar-refractivity contribution in [3.8, 4) is 11.1 Å². The highest BCUT2D eigenvalue weighted by molar-refractivity contribution is 6.26. The lowest BCUT2D eigenvalue weighted by molar-refractivity contribution is -0.143. The second kappa shape index (κ2) is 6.07. The standard InChI is InChI=1S/C20H11F6N3/c21-19(22,23)11-5-10(6-12(8-11)20(24,25)26)15-13-4-2-1-3-9(13)7-14-16(15)18(28)29-17(14)27/h1-8H,(H3,27,28,29). The summed E-state index contributed by atoms with van der Waals surface area (Å²) in [4.78, 5) is 3.84.